The lowest BCUT2D eigenvalue weighted by Crippen LogP contribution is -2.03. The molecule has 5 heteroatoms. The van der Waals surface area contributed by atoms with E-state index in [1.54, 1.807) is 30.3 Å². The summed E-state index contributed by atoms with van der Waals surface area (Å²) in [5.41, 5.74) is 0.650. The first-order chi connectivity index (χ1) is 11.0. The smallest absolute Gasteiger partial charge is 0.206 e. The molecule has 2 aromatic rings. The monoisotopic (exact) mass is 334 g/mol. The van der Waals surface area contributed by atoms with Gasteiger partial charge in [0.2, 0.25) is 9.84 Å². The van der Waals surface area contributed by atoms with Crippen LogP contribution in [0.15, 0.2) is 52.3 Å². The standard InChI is InChI=1S/C18H22O4S/c1-3-5-14-13-17(10-11-18(14)19)23(20,21)16-8-6-15(7-9-16)22-12-4-2/h6-11,13,19H,3-5,12H2,1-2H3. The Morgan fingerprint density at radius 2 is 1.61 bits per heavy atom. The first-order valence-corrected chi connectivity index (χ1v) is 9.27. The van der Waals surface area contributed by atoms with E-state index in [2.05, 4.69) is 0 Å². The Hall–Kier alpha value is -2.01. The zero-order chi connectivity index (χ0) is 16.9. The van der Waals surface area contributed by atoms with E-state index < -0.39 is 9.84 Å². The number of aryl methyl sites for hydroxylation is 1. The Morgan fingerprint density at radius 3 is 2.22 bits per heavy atom. The lowest BCUT2D eigenvalue weighted by atomic mass is 10.1. The van der Waals surface area contributed by atoms with Crippen molar-refractivity contribution >= 4 is 9.84 Å². The highest BCUT2D eigenvalue weighted by atomic mass is 32.2. The lowest BCUT2D eigenvalue weighted by Gasteiger charge is -2.09. The molecule has 4 nitrogen and oxygen atoms in total. The van der Waals surface area contributed by atoms with Crippen LogP contribution in [-0.2, 0) is 16.3 Å². The molecule has 0 saturated heterocycles. The van der Waals surface area contributed by atoms with E-state index in [4.69, 9.17) is 4.74 Å². The Labute approximate surface area is 137 Å². The van der Waals surface area contributed by atoms with Gasteiger partial charge >= 0.3 is 0 Å². The molecule has 2 rings (SSSR count). The van der Waals surface area contributed by atoms with Crippen LogP contribution < -0.4 is 4.74 Å². The molecule has 0 aliphatic heterocycles. The third-order valence-electron chi connectivity index (χ3n) is 3.49. The minimum atomic E-state index is -3.60. The van der Waals surface area contributed by atoms with Gasteiger partial charge in [-0.3, -0.25) is 0 Å². The molecule has 0 fully saturated rings. The van der Waals surface area contributed by atoms with Crippen molar-refractivity contribution < 1.29 is 18.3 Å². The molecule has 0 heterocycles. The Balaban J connectivity index is 2.32. The summed E-state index contributed by atoms with van der Waals surface area (Å²) >= 11 is 0. The van der Waals surface area contributed by atoms with E-state index in [9.17, 15) is 13.5 Å². The molecule has 1 N–H and O–H groups in total. The SMILES string of the molecule is CCCOc1ccc(S(=O)(=O)c2ccc(O)c(CCC)c2)cc1. The van der Waals surface area contributed by atoms with E-state index in [1.165, 1.54) is 12.1 Å². The van der Waals surface area contributed by atoms with Crippen LogP contribution in [0.3, 0.4) is 0 Å². The molecule has 0 saturated carbocycles. The van der Waals surface area contributed by atoms with Crippen molar-refractivity contribution in [3.8, 4) is 11.5 Å². The van der Waals surface area contributed by atoms with Gasteiger partial charge in [0.05, 0.1) is 16.4 Å². The number of hydrogen-bond donors (Lipinski definition) is 1. The normalized spacial score (nSPS) is 11.4. The van der Waals surface area contributed by atoms with Crippen molar-refractivity contribution in [2.75, 3.05) is 6.61 Å². The first kappa shape index (κ1) is 17.3. The van der Waals surface area contributed by atoms with Gasteiger partial charge < -0.3 is 9.84 Å². The summed E-state index contributed by atoms with van der Waals surface area (Å²) in [4.78, 5) is 0.412. The number of ether oxygens (including phenoxy) is 1. The summed E-state index contributed by atoms with van der Waals surface area (Å²) in [6, 6.07) is 10.8. The Bertz CT molecular complexity index is 749. The summed E-state index contributed by atoms with van der Waals surface area (Å²) in [5, 5.41) is 9.81. The van der Waals surface area contributed by atoms with Crippen LogP contribution in [0.1, 0.15) is 32.3 Å². The summed E-state index contributed by atoms with van der Waals surface area (Å²) in [6.45, 7) is 4.59. The van der Waals surface area contributed by atoms with E-state index in [-0.39, 0.29) is 15.5 Å². The van der Waals surface area contributed by atoms with Crippen LogP contribution in [0.4, 0.5) is 0 Å². The van der Waals surface area contributed by atoms with Gasteiger partial charge in [-0.05, 0) is 60.9 Å². The number of hydrogen-bond acceptors (Lipinski definition) is 4. The Kier molecular flexibility index (Phi) is 5.66. The number of aromatic hydroxyl groups is 1. The lowest BCUT2D eigenvalue weighted by molar-refractivity contribution is 0.317. The summed E-state index contributed by atoms with van der Waals surface area (Å²) in [5.74, 6) is 0.789. The second-order valence-electron chi connectivity index (χ2n) is 5.36. The quantitative estimate of drug-likeness (QED) is 0.832. The van der Waals surface area contributed by atoms with Crippen LogP contribution in [0.2, 0.25) is 0 Å². The maximum atomic E-state index is 12.7. The summed E-state index contributed by atoms with van der Waals surface area (Å²) in [6.07, 6.45) is 2.37. The molecule has 124 valence electrons. The maximum Gasteiger partial charge on any atom is 0.206 e. The summed E-state index contributed by atoms with van der Waals surface area (Å²) in [7, 11) is -3.60. The maximum absolute atomic E-state index is 12.7. The third-order valence-corrected chi connectivity index (χ3v) is 5.25. The molecule has 0 aliphatic rings. The van der Waals surface area contributed by atoms with Gasteiger partial charge in [0.25, 0.3) is 0 Å². The largest absolute Gasteiger partial charge is 0.508 e. The highest BCUT2D eigenvalue weighted by Gasteiger charge is 2.19. The molecule has 0 unspecified atom stereocenters. The van der Waals surface area contributed by atoms with Gasteiger partial charge in [0.15, 0.2) is 0 Å². The number of benzene rings is 2. The van der Waals surface area contributed by atoms with Crippen molar-refractivity contribution in [2.24, 2.45) is 0 Å². The van der Waals surface area contributed by atoms with Crippen LogP contribution in [0.5, 0.6) is 11.5 Å². The fourth-order valence-corrected chi connectivity index (χ4v) is 3.58. The van der Waals surface area contributed by atoms with Gasteiger partial charge in [-0.2, -0.15) is 0 Å². The van der Waals surface area contributed by atoms with Gasteiger partial charge in [-0.25, -0.2) is 8.42 Å². The first-order valence-electron chi connectivity index (χ1n) is 7.79. The van der Waals surface area contributed by atoms with Crippen molar-refractivity contribution in [2.45, 2.75) is 42.9 Å². The second-order valence-corrected chi connectivity index (χ2v) is 7.31. The predicted octanol–water partition coefficient (Wildman–Crippen LogP) is 3.97. The molecular weight excluding hydrogens is 312 g/mol. The molecule has 0 atom stereocenters. The summed E-state index contributed by atoms with van der Waals surface area (Å²) < 4.78 is 30.9. The van der Waals surface area contributed by atoms with Crippen LogP contribution in [0, 0.1) is 0 Å². The third kappa shape index (κ3) is 4.05. The number of phenols is 1. The van der Waals surface area contributed by atoms with Gasteiger partial charge in [-0.15, -0.1) is 0 Å². The molecule has 0 amide bonds. The highest BCUT2D eigenvalue weighted by molar-refractivity contribution is 7.91. The zero-order valence-corrected chi connectivity index (χ0v) is 14.3. The van der Waals surface area contributed by atoms with Crippen LogP contribution in [0.25, 0.3) is 0 Å². The van der Waals surface area contributed by atoms with E-state index >= 15 is 0 Å². The molecule has 0 aliphatic carbocycles. The van der Waals surface area contributed by atoms with Crippen molar-refractivity contribution in [1.29, 1.82) is 0 Å². The molecule has 23 heavy (non-hydrogen) atoms. The van der Waals surface area contributed by atoms with Gasteiger partial charge in [0.1, 0.15) is 11.5 Å². The Morgan fingerprint density at radius 1 is 0.957 bits per heavy atom. The fraction of sp³-hybridized carbons (Fsp3) is 0.333. The average molecular weight is 334 g/mol. The van der Waals surface area contributed by atoms with E-state index in [0.717, 1.165) is 12.8 Å². The zero-order valence-electron chi connectivity index (χ0n) is 13.5. The van der Waals surface area contributed by atoms with Crippen molar-refractivity contribution in [1.82, 2.24) is 0 Å². The predicted molar refractivity (Wildman–Crippen MR) is 89.8 cm³/mol. The van der Waals surface area contributed by atoms with Crippen molar-refractivity contribution in [3.63, 3.8) is 0 Å². The molecule has 2 aromatic carbocycles. The minimum absolute atomic E-state index is 0.133. The highest BCUT2D eigenvalue weighted by Crippen LogP contribution is 2.27. The molecular formula is C18H22O4S. The molecule has 0 bridgehead atoms. The number of sulfone groups is 1. The molecule has 0 aromatic heterocycles. The fourth-order valence-electron chi connectivity index (χ4n) is 2.27. The van der Waals surface area contributed by atoms with Gasteiger partial charge in [-0.1, -0.05) is 20.3 Å². The number of rotatable bonds is 7. The average Bonchev–Trinajstić information content (AvgIpc) is 2.55. The minimum Gasteiger partial charge on any atom is -0.508 e. The number of phenolic OH excluding ortho intramolecular Hbond substituents is 1. The molecule has 0 radical (unpaired) electrons. The van der Waals surface area contributed by atoms with Gasteiger partial charge in [0, 0.05) is 0 Å². The van der Waals surface area contributed by atoms with Crippen LogP contribution >= 0.6 is 0 Å². The topological polar surface area (TPSA) is 63.6 Å². The van der Waals surface area contributed by atoms with Crippen LogP contribution in [-0.4, -0.2) is 20.1 Å². The van der Waals surface area contributed by atoms with E-state index in [1.807, 2.05) is 13.8 Å². The van der Waals surface area contributed by atoms with Crippen molar-refractivity contribution in [3.05, 3.63) is 48.0 Å². The van der Waals surface area contributed by atoms with E-state index in [0.29, 0.717) is 24.3 Å². The molecule has 0 spiro atoms. The second kappa shape index (κ2) is 7.51.